The van der Waals surface area contributed by atoms with Crippen LogP contribution in [0.5, 0.6) is 0 Å². The number of aromatic nitrogens is 3. The van der Waals surface area contributed by atoms with Gasteiger partial charge in [-0.15, -0.1) is 16.9 Å². The van der Waals surface area contributed by atoms with Crippen LogP contribution < -0.4 is 10.6 Å². The molecular formula is C28H47N5O14S. The van der Waals surface area contributed by atoms with Gasteiger partial charge in [0.1, 0.15) is 36.6 Å². The van der Waals surface area contributed by atoms with Gasteiger partial charge in [-0.1, -0.05) is 11.6 Å². The molecule has 1 aromatic rings. The van der Waals surface area contributed by atoms with E-state index in [1.807, 2.05) is 0 Å². The highest BCUT2D eigenvalue weighted by Gasteiger charge is 2.56. The normalized spacial score (nSPS) is 31.9. The number of carboxylic acids is 1. The minimum atomic E-state index is -2.30. The Morgan fingerprint density at radius 1 is 1.10 bits per heavy atom. The summed E-state index contributed by atoms with van der Waals surface area (Å²) in [5, 5.41) is 95.1. The molecule has 11 unspecified atom stereocenters. The largest absolute Gasteiger partial charge is 0.478 e. The number of hydrogen-bond acceptors (Lipinski definition) is 16. The molecule has 2 aliphatic heterocycles. The zero-order valence-corrected chi connectivity index (χ0v) is 27.3. The molecule has 20 heteroatoms. The van der Waals surface area contributed by atoms with E-state index in [0.29, 0.717) is 31.0 Å². The van der Waals surface area contributed by atoms with Crippen molar-refractivity contribution >= 4 is 29.5 Å². The van der Waals surface area contributed by atoms with Gasteiger partial charge < -0.3 is 65.7 Å². The molecular weight excluding hydrogens is 662 g/mol. The van der Waals surface area contributed by atoms with Crippen LogP contribution in [-0.4, -0.2) is 165 Å². The maximum absolute atomic E-state index is 12.5. The molecule has 0 spiro atoms. The highest BCUT2D eigenvalue weighted by molar-refractivity contribution is 8.01. The SMILES string of the molecule is CC(=O)NC1C(O)CC(SCC2OC(OCCCNC(=O)CCCCCn3ccnn3)C(O)C(O)C2O)(C(=O)O)OC1C(O)C(O)CO. The Labute approximate surface area is 280 Å². The molecule has 3 rings (SSSR count). The van der Waals surface area contributed by atoms with Gasteiger partial charge in [-0.2, -0.15) is 0 Å². The van der Waals surface area contributed by atoms with E-state index in [4.69, 9.17) is 14.2 Å². The number of ether oxygens (including phenoxy) is 3. The van der Waals surface area contributed by atoms with E-state index in [2.05, 4.69) is 20.9 Å². The van der Waals surface area contributed by atoms with E-state index in [0.717, 1.165) is 26.3 Å². The topological polar surface area (TPSA) is 296 Å². The molecule has 2 amide bonds. The van der Waals surface area contributed by atoms with Crippen LogP contribution in [0, 0.1) is 0 Å². The molecule has 2 aliphatic rings. The first-order valence-corrected chi connectivity index (χ1v) is 16.7. The number of aliphatic carboxylic acids is 1. The smallest absolute Gasteiger partial charge is 0.346 e. The first kappa shape index (κ1) is 39.9. The molecule has 19 nitrogen and oxygen atoms in total. The Balaban J connectivity index is 1.51. The number of carbonyl (C=O) groups is 3. The minimum absolute atomic E-state index is 0.00571. The van der Waals surface area contributed by atoms with Crippen LogP contribution in [0.25, 0.3) is 0 Å². The predicted octanol–water partition coefficient (Wildman–Crippen LogP) is -3.95. The third-order valence-electron chi connectivity index (χ3n) is 8.02. The van der Waals surface area contributed by atoms with E-state index in [1.54, 1.807) is 17.1 Å². The summed E-state index contributed by atoms with van der Waals surface area (Å²) in [6, 6.07) is -1.35. The van der Waals surface area contributed by atoms with Gasteiger partial charge in [0.15, 0.2) is 6.29 Å². The number of aryl methyl sites for hydroxylation is 1. The van der Waals surface area contributed by atoms with Gasteiger partial charge >= 0.3 is 5.97 Å². The van der Waals surface area contributed by atoms with Crippen molar-refractivity contribution in [3.05, 3.63) is 12.4 Å². The predicted molar refractivity (Wildman–Crippen MR) is 164 cm³/mol. The van der Waals surface area contributed by atoms with E-state index in [1.165, 1.54) is 0 Å². The average molecular weight is 710 g/mol. The van der Waals surface area contributed by atoms with E-state index in [9.17, 15) is 55.2 Å². The van der Waals surface area contributed by atoms with Gasteiger partial charge in [0, 0.05) is 44.8 Å². The third kappa shape index (κ3) is 11.0. The summed E-state index contributed by atoms with van der Waals surface area (Å²) < 4.78 is 18.7. The number of rotatable bonds is 19. The Morgan fingerprint density at radius 2 is 1.85 bits per heavy atom. The van der Waals surface area contributed by atoms with Crippen molar-refractivity contribution in [1.29, 1.82) is 0 Å². The lowest BCUT2D eigenvalue weighted by atomic mass is 9.90. The second-order valence-corrected chi connectivity index (χ2v) is 13.0. The fourth-order valence-electron chi connectivity index (χ4n) is 5.36. The number of amides is 2. The maximum atomic E-state index is 12.5. The lowest BCUT2D eigenvalue weighted by molar-refractivity contribution is -0.292. The van der Waals surface area contributed by atoms with Crippen molar-refractivity contribution in [3.63, 3.8) is 0 Å². The van der Waals surface area contributed by atoms with Crippen LogP contribution in [0.15, 0.2) is 12.4 Å². The number of aliphatic hydroxyl groups is 7. The lowest BCUT2D eigenvalue weighted by Crippen LogP contribution is -2.66. The Morgan fingerprint density at radius 3 is 2.50 bits per heavy atom. The number of thioether (sulfide) groups is 1. The summed E-state index contributed by atoms with van der Waals surface area (Å²) in [6.45, 7) is 1.17. The summed E-state index contributed by atoms with van der Waals surface area (Å²) >= 11 is 0.540. The van der Waals surface area contributed by atoms with Gasteiger partial charge in [0.25, 0.3) is 0 Å². The van der Waals surface area contributed by atoms with Crippen molar-refractivity contribution in [3.8, 4) is 0 Å². The lowest BCUT2D eigenvalue weighted by Gasteiger charge is -2.47. The first-order chi connectivity index (χ1) is 22.8. The second kappa shape index (κ2) is 19.0. The van der Waals surface area contributed by atoms with Crippen LogP contribution in [0.2, 0.25) is 0 Å². The van der Waals surface area contributed by atoms with Crippen LogP contribution in [0.3, 0.4) is 0 Å². The number of hydrogen-bond donors (Lipinski definition) is 10. The standard InChI is InChI=1S/C28H47N5O14S/c1-15(35)31-20-16(36)12-28(27(43)44,47-25(20)21(39)17(37)13-34)48-14-18-22(40)23(41)24(42)26(46-18)45-11-5-7-29-19(38)6-3-2-4-9-33-10-8-30-32-33/h8,10,16-18,20-26,34,36-37,39-42H,2-7,9,11-14H2,1H3,(H,29,38)(H,31,35)(H,43,44). The molecule has 2 fully saturated rings. The number of carboxylic acid groups (broad SMARTS) is 1. The summed E-state index contributed by atoms with van der Waals surface area (Å²) in [4.78, 5) is 34.0. The van der Waals surface area contributed by atoms with E-state index in [-0.39, 0.29) is 24.8 Å². The number of carbonyl (C=O) groups excluding carboxylic acids is 2. The van der Waals surface area contributed by atoms with Gasteiger partial charge in [-0.05, 0) is 19.3 Å². The summed E-state index contributed by atoms with van der Waals surface area (Å²) in [5.41, 5.74) is 0. The van der Waals surface area contributed by atoms with Crippen molar-refractivity contribution in [2.75, 3.05) is 25.5 Å². The summed E-state index contributed by atoms with van der Waals surface area (Å²) in [7, 11) is 0. The monoisotopic (exact) mass is 709 g/mol. The van der Waals surface area contributed by atoms with Gasteiger partial charge in [0.05, 0.1) is 37.7 Å². The molecule has 0 radical (unpaired) electrons. The maximum Gasteiger partial charge on any atom is 0.346 e. The highest BCUT2D eigenvalue weighted by atomic mass is 32.2. The number of nitrogens with zero attached hydrogens (tertiary/aromatic N) is 3. The Bertz CT molecular complexity index is 1150. The fraction of sp³-hybridized carbons (Fsp3) is 0.821. The molecule has 0 aromatic carbocycles. The van der Waals surface area contributed by atoms with Gasteiger partial charge in [-0.25, -0.2) is 4.79 Å². The number of nitrogens with one attached hydrogen (secondary N) is 2. The van der Waals surface area contributed by atoms with Crippen molar-refractivity contribution in [2.24, 2.45) is 0 Å². The third-order valence-corrected chi connectivity index (χ3v) is 9.42. The summed E-state index contributed by atoms with van der Waals surface area (Å²) in [5.74, 6) is -2.75. The molecule has 0 saturated carbocycles. The number of unbranched alkanes of at least 4 members (excludes halogenated alkanes) is 2. The number of aliphatic hydroxyl groups excluding tert-OH is 7. The second-order valence-electron chi connectivity index (χ2n) is 11.8. The highest BCUT2D eigenvalue weighted by Crippen LogP contribution is 2.42. The molecule has 10 N–H and O–H groups in total. The van der Waals surface area contributed by atoms with Crippen LogP contribution in [-0.2, 0) is 35.1 Å². The molecule has 274 valence electrons. The quantitative estimate of drug-likeness (QED) is 0.0613. The van der Waals surface area contributed by atoms with Gasteiger partial charge in [0.2, 0.25) is 16.7 Å². The zero-order valence-electron chi connectivity index (χ0n) is 26.5. The van der Waals surface area contributed by atoms with Crippen molar-refractivity contribution in [1.82, 2.24) is 25.6 Å². The Kier molecular flexibility index (Phi) is 15.8. The van der Waals surface area contributed by atoms with Gasteiger partial charge in [-0.3, -0.25) is 14.3 Å². The minimum Gasteiger partial charge on any atom is -0.478 e. The van der Waals surface area contributed by atoms with Crippen LogP contribution in [0.4, 0.5) is 0 Å². The Hall–Kier alpha value is -2.50. The molecule has 2 saturated heterocycles. The van der Waals surface area contributed by atoms with Crippen LogP contribution in [0.1, 0.15) is 45.4 Å². The molecule has 1 aromatic heterocycles. The van der Waals surface area contributed by atoms with E-state index >= 15 is 0 Å². The van der Waals surface area contributed by atoms with Crippen molar-refractivity contribution < 1.29 is 69.4 Å². The van der Waals surface area contributed by atoms with Crippen LogP contribution >= 0.6 is 11.8 Å². The molecule has 48 heavy (non-hydrogen) atoms. The summed E-state index contributed by atoms with van der Waals surface area (Å²) in [6.07, 6.45) is -8.99. The first-order valence-electron chi connectivity index (χ1n) is 15.7. The molecule has 11 atom stereocenters. The molecule has 3 heterocycles. The zero-order chi connectivity index (χ0) is 35.4. The van der Waals surface area contributed by atoms with E-state index < -0.39 is 91.0 Å². The fourth-order valence-corrected chi connectivity index (χ4v) is 6.66. The molecule has 0 aliphatic carbocycles. The van der Waals surface area contributed by atoms with Crippen molar-refractivity contribution in [2.45, 2.75) is 118 Å². The average Bonchev–Trinajstić information content (AvgIpc) is 3.57. The molecule has 0 bridgehead atoms.